The van der Waals surface area contributed by atoms with E-state index in [1.54, 1.807) is 23.0 Å². The number of fused-ring (bicyclic) bond motifs is 1. The monoisotopic (exact) mass is 343 g/mol. The van der Waals surface area contributed by atoms with Crippen molar-refractivity contribution in [3.63, 3.8) is 0 Å². The topological polar surface area (TPSA) is 49.0 Å². The van der Waals surface area contributed by atoms with E-state index < -0.39 is 0 Å². The Bertz CT molecular complexity index is 854. The van der Waals surface area contributed by atoms with Gasteiger partial charge in [0, 0.05) is 35.6 Å². The van der Waals surface area contributed by atoms with Gasteiger partial charge in [0.15, 0.2) is 0 Å². The molecule has 4 nitrogen and oxygen atoms in total. The van der Waals surface area contributed by atoms with E-state index in [2.05, 4.69) is 9.97 Å². The minimum Gasteiger partial charge on any atom is -0.361 e. The number of nitrogens with one attached hydrogen (secondary N) is 1. The average molecular weight is 343 g/mol. The molecule has 1 aliphatic rings. The molecule has 0 unspecified atom stereocenters. The van der Waals surface area contributed by atoms with Crippen molar-refractivity contribution in [3.8, 4) is 0 Å². The Hall–Kier alpha value is -2.21. The average Bonchev–Trinajstić information content (AvgIpc) is 3.09. The van der Waals surface area contributed by atoms with Gasteiger partial charge in [0.05, 0.1) is 5.51 Å². The molecule has 0 spiro atoms. The summed E-state index contributed by atoms with van der Waals surface area (Å²) in [5.74, 6) is 0.374. The fourth-order valence-electron chi connectivity index (χ4n) is 2.98. The first-order valence-electron chi connectivity index (χ1n) is 8.13. The normalized spacial score (nSPS) is 14.2. The molecule has 1 N–H and O–H groups in total. The first-order valence-corrected chi connectivity index (χ1v) is 9.08. The van der Waals surface area contributed by atoms with Gasteiger partial charge in [-0.15, -0.1) is 11.3 Å². The van der Waals surface area contributed by atoms with Crippen molar-refractivity contribution in [2.24, 2.45) is 5.92 Å². The third-order valence-corrected chi connectivity index (χ3v) is 5.08. The Morgan fingerprint density at radius 1 is 1.42 bits per heavy atom. The van der Waals surface area contributed by atoms with Gasteiger partial charge in [-0.2, -0.15) is 0 Å². The lowest BCUT2D eigenvalue weighted by Gasteiger charge is -2.21. The number of thiazole rings is 1. The highest BCUT2D eigenvalue weighted by Crippen LogP contribution is 2.30. The van der Waals surface area contributed by atoms with E-state index in [4.69, 9.17) is 0 Å². The number of carbonyl (C=O) groups is 1. The number of aromatic amines is 1. The number of hydrogen-bond acceptors (Lipinski definition) is 3. The van der Waals surface area contributed by atoms with Gasteiger partial charge in [0.25, 0.3) is 5.91 Å². The van der Waals surface area contributed by atoms with Gasteiger partial charge >= 0.3 is 0 Å². The number of hydrogen-bond donors (Lipinski definition) is 1. The molecule has 24 heavy (non-hydrogen) atoms. The maximum absolute atomic E-state index is 13.5. The molecule has 0 radical (unpaired) electrons. The Balaban J connectivity index is 1.51. The molecule has 4 rings (SSSR count). The van der Waals surface area contributed by atoms with Gasteiger partial charge in [-0.1, -0.05) is 0 Å². The third kappa shape index (κ3) is 3.19. The van der Waals surface area contributed by atoms with Gasteiger partial charge in [0.2, 0.25) is 0 Å². The fourth-order valence-corrected chi connectivity index (χ4v) is 3.51. The zero-order chi connectivity index (χ0) is 16.5. The van der Waals surface area contributed by atoms with Crippen LogP contribution in [0.2, 0.25) is 0 Å². The second-order valence-corrected chi connectivity index (χ2v) is 7.04. The first kappa shape index (κ1) is 15.3. The van der Waals surface area contributed by atoms with Gasteiger partial charge in [-0.3, -0.25) is 4.79 Å². The Kier molecular flexibility index (Phi) is 4.06. The van der Waals surface area contributed by atoms with Crippen molar-refractivity contribution in [2.45, 2.75) is 19.3 Å². The van der Waals surface area contributed by atoms with Crippen molar-refractivity contribution >= 4 is 28.1 Å². The van der Waals surface area contributed by atoms with E-state index in [0.717, 1.165) is 23.0 Å². The predicted octanol–water partition coefficient (Wildman–Crippen LogP) is 3.86. The maximum Gasteiger partial charge on any atom is 0.273 e. The lowest BCUT2D eigenvalue weighted by molar-refractivity contribution is 0.0744. The molecule has 2 heterocycles. The third-order valence-electron chi connectivity index (χ3n) is 4.49. The number of aromatic nitrogens is 2. The summed E-state index contributed by atoms with van der Waals surface area (Å²) in [4.78, 5) is 21.9. The van der Waals surface area contributed by atoms with Crippen LogP contribution in [-0.4, -0.2) is 33.9 Å². The lowest BCUT2D eigenvalue weighted by Crippen LogP contribution is -2.34. The number of nitrogens with zero attached hydrogens (tertiary/aromatic N) is 2. The van der Waals surface area contributed by atoms with Crippen LogP contribution in [-0.2, 0) is 6.42 Å². The molecular weight excluding hydrogens is 325 g/mol. The second-order valence-electron chi connectivity index (χ2n) is 6.32. The highest BCUT2D eigenvalue weighted by atomic mass is 32.1. The fraction of sp³-hybridized carbons (Fsp3) is 0.333. The minimum absolute atomic E-state index is 0.00540. The van der Waals surface area contributed by atoms with Crippen molar-refractivity contribution in [3.05, 3.63) is 52.4 Å². The number of rotatable bonds is 6. The van der Waals surface area contributed by atoms with E-state index in [-0.39, 0.29) is 11.7 Å². The molecular formula is C18H18FN3OS. The highest BCUT2D eigenvalue weighted by molar-refractivity contribution is 7.07. The summed E-state index contributed by atoms with van der Waals surface area (Å²) in [5.41, 5.74) is 4.17. The molecule has 0 aliphatic heterocycles. The molecule has 0 atom stereocenters. The Morgan fingerprint density at radius 3 is 3.04 bits per heavy atom. The summed E-state index contributed by atoms with van der Waals surface area (Å²) < 4.78 is 13.5. The van der Waals surface area contributed by atoms with Gasteiger partial charge in [-0.25, -0.2) is 9.37 Å². The maximum atomic E-state index is 13.5. The molecule has 1 saturated carbocycles. The number of H-pyrrole nitrogens is 1. The van der Waals surface area contributed by atoms with Gasteiger partial charge in [-0.05, 0) is 48.9 Å². The summed E-state index contributed by atoms with van der Waals surface area (Å²) in [6.07, 6.45) is 5.00. The van der Waals surface area contributed by atoms with Crippen molar-refractivity contribution < 1.29 is 9.18 Å². The molecule has 1 fully saturated rings. The quantitative estimate of drug-likeness (QED) is 0.739. The van der Waals surface area contributed by atoms with Crippen molar-refractivity contribution in [1.82, 2.24) is 14.9 Å². The van der Waals surface area contributed by atoms with Crippen LogP contribution in [0, 0.1) is 11.7 Å². The molecule has 1 aliphatic carbocycles. The second kappa shape index (κ2) is 6.36. The standard InChI is InChI=1S/C18H18FN3OS/c19-14-3-4-16-15(7-14)13(8-20-16)5-6-22(9-12-1-2-12)18(23)17-10-24-11-21-17/h3-4,7-8,10-12,20H,1-2,5-6,9H2. The summed E-state index contributed by atoms with van der Waals surface area (Å²) in [5, 5.41) is 2.69. The number of benzene rings is 1. The van der Waals surface area contributed by atoms with E-state index in [1.165, 1.54) is 30.2 Å². The summed E-state index contributed by atoms with van der Waals surface area (Å²) in [7, 11) is 0. The SMILES string of the molecule is O=C(c1cscn1)N(CCc1c[nH]c2ccc(F)cc12)CC1CC1. The predicted molar refractivity (Wildman–Crippen MR) is 92.7 cm³/mol. The van der Waals surface area contributed by atoms with Crippen LogP contribution < -0.4 is 0 Å². The van der Waals surface area contributed by atoms with E-state index >= 15 is 0 Å². The van der Waals surface area contributed by atoms with Crippen LogP contribution in [0.4, 0.5) is 4.39 Å². The van der Waals surface area contributed by atoms with Gasteiger partial charge < -0.3 is 9.88 Å². The zero-order valence-electron chi connectivity index (χ0n) is 13.2. The van der Waals surface area contributed by atoms with Gasteiger partial charge in [0.1, 0.15) is 11.5 Å². The number of halogens is 1. The Morgan fingerprint density at radius 2 is 2.29 bits per heavy atom. The van der Waals surface area contributed by atoms with Crippen molar-refractivity contribution in [2.75, 3.05) is 13.1 Å². The molecule has 3 aromatic rings. The molecule has 2 aromatic heterocycles. The van der Waals surface area contributed by atoms with Crippen LogP contribution in [0.15, 0.2) is 35.3 Å². The summed E-state index contributed by atoms with van der Waals surface area (Å²) >= 11 is 1.43. The van der Waals surface area contributed by atoms with Crippen LogP contribution in [0.1, 0.15) is 28.9 Å². The van der Waals surface area contributed by atoms with Crippen LogP contribution in [0.25, 0.3) is 10.9 Å². The molecule has 0 bridgehead atoms. The molecule has 1 aromatic carbocycles. The van der Waals surface area contributed by atoms with E-state index in [9.17, 15) is 9.18 Å². The first-order chi connectivity index (χ1) is 11.7. The smallest absolute Gasteiger partial charge is 0.273 e. The summed E-state index contributed by atoms with van der Waals surface area (Å²) in [6, 6.07) is 4.75. The van der Waals surface area contributed by atoms with E-state index in [1.807, 2.05) is 11.1 Å². The Labute approximate surface area is 143 Å². The molecule has 6 heteroatoms. The van der Waals surface area contributed by atoms with E-state index in [0.29, 0.717) is 24.6 Å². The largest absolute Gasteiger partial charge is 0.361 e. The van der Waals surface area contributed by atoms with Crippen LogP contribution in [0.5, 0.6) is 0 Å². The zero-order valence-corrected chi connectivity index (χ0v) is 14.0. The summed E-state index contributed by atoms with van der Waals surface area (Å²) in [6.45, 7) is 1.41. The number of carbonyl (C=O) groups excluding carboxylic acids is 1. The van der Waals surface area contributed by atoms with Crippen LogP contribution >= 0.6 is 11.3 Å². The lowest BCUT2D eigenvalue weighted by atomic mass is 10.1. The number of amides is 1. The molecule has 124 valence electrons. The minimum atomic E-state index is -0.239. The highest BCUT2D eigenvalue weighted by Gasteiger charge is 2.27. The molecule has 0 saturated heterocycles. The van der Waals surface area contributed by atoms with Crippen molar-refractivity contribution in [1.29, 1.82) is 0 Å². The van der Waals surface area contributed by atoms with Crippen LogP contribution in [0.3, 0.4) is 0 Å². The molecule has 1 amide bonds.